The Balaban J connectivity index is 2.01. The molecular weight excluding hydrogens is 414 g/mol. The molecule has 29 heavy (non-hydrogen) atoms. The Kier molecular flexibility index (Phi) is 6.56. The summed E-state index contributed by atoms with van der Waals surface area (Å²) in [6.45, 7) is 0.500. The third-order valence-electron chi connectivity index (χ3n) is 4.83. The van der Waals surface area contributed by atoms with Crippen molar-refractivity contribution < 1.29 is 18.0 Å². The van der Waals surface area contributed by atoms with Gasteiger partial charge in [0.15, 0.2) is 0 Å². The van der Waals surface area contributed by atoms with Crippen LogP contribution in [0.3, 0.4) is 0 Å². The molecule has 7 nitrogen and oxygen atoms in total. The normalized spacial score (nSPS) is 17.6. The number of hydrogen-bond donors (Lipinski definition) is 2. The molecule has 0 radical (unpaired) electrons. The molecule has 0 saturated carbocycles. The Hall–Kier alpha value is -2.42. The minimum absolute atomic E-state index is 0.0218. The quantitative estimate of drug-likeness (QED) is 0.725. The van der Waals surface area contributed by atoms with Crippen LogP contribution in [0.2, 0.25) is 5.02 Å². The van der Waals surface area contributed by atoms with Crippen LogP contribution in [0, 0.1) is 0 Å². The Morgan fingerprint density at radius 2 is 1.90 bits per heavy atom. The first-order valence-electron chi connectivity index (χ1n) is 9.23. The maximum atomic E-state index is 13.4. The van der Waals surface area contributed by atoms with Crippen molar-refractivity contribution in [2.24, 2.45) is 5.73 Å². The number of nitrogens with two attached hydrogens (primary N) is 1. The van der Waals surface area contributed by atoms with Crippen LogP contribution in [0.25, 0.3) is 0 Å². The molecule has 2 aromatic rings. The molecule has 2 amide bonds. The molecule has 3 rings (SSSR count). The van der Waals surface area contributed by atoms with Gasteiger partial charge in [0.2, 0.25) is 21.8 Å². The predicted molar refractivity (Wildman–Crippen MR) is 110 cm³/mol. The van der Waals surface area contributed by atoms with Crippen LogP contribution in [-0.2, 0) is 21.4 Å². The Labute approximate surface area is 174 Å². The van der Waals surface area contributed by atoms with Gasteiger partial charge in [-0.05, 0) is 55.2 Å². The number of carbonyl (C=O) groups excluding carboxylic acids is 2. The number of sulfonamides is 1. The van der Waals surface area contributed by atoms with E-state index in [4.69, 9.17) is 17.3 Å². The van der Waals surface area contributed by atoms with Gasteiger partial charge >= 0.3 is 0 Å². The van der Waals surface area contributed by atoms with E-state index in [-0.39, 0.29) is 17.3 Å². The molecule has 1 aliphatic rings. The zero-order chi connectivity index (χ0) is 21.0. The molecule has 2 aromatic carbocycles. The topological polar surface area (TPSA) is 110 Å². The van der Waals surface area contributed by atoms with Gasteiger partial charge in [-0.15, -0.1) is 0 Å². The molecule has 9 heteroatoms. The van der Waals surface area contributed by atoms with Gasteiger partial charge in [-0.2, -0.15) is 4.31 Å². The fourth-order valence-electron chi connectivity index (χ4n) is 3.28. The molecule has 1 heterocycles. The second-order valence-corrected chi connectivity index (χ2v) is 9.20. The van der Waals surface area contributed by atoms with Crippen molar-refractivity contribution in [3.63, 3.8) is 0 Å². The third-order valence-corrected chi connectivity index (χ3v) is 6.92. The zero-order valence-corrected chi connectivity index (χ0v) is 17.2. The van der Waals surface area contributed by atoms with Crippen molar-refractivity contribution in [1.29, 1.82) is 0 Å². The number of nitrogens with zero attached hydrogens (tertiary/aromatic N) is 1. The van der Waals surface area contributed by atoms with E-state index in [1.807, 2.05) is 0 Å². The van der Waals surface area contributed by atoms with Crippen molar-refractivity contribution in [3.8, 4) is 0 Å². The molecule has 0 unspecified atom stereocenters. The maximum Gasteiger partial charge on any atom is 0.248 e. The summed E-state index contributed by atoms with van der Waals surface area (Å²) in [5.41, 5.74) is 6.23. The summed E-state index contributed by atoms with van der Waals surface area (Å²) in [6.07, 6.45) is 1.94. The lowest BCUT2D eigenvalue weighted by molar-refractivity contribution is -0.124. The smallest absolute Gasteiger partial charge is 0.248 e. The highest BCUT2D eigenvalue weighted by Gasteiger charge is 2.36. The number of nitrogens with one attached hydrogen (secondary N) is 1. The summed E-state index contributed by atoms with van der Waals surface area (Å²) in [4.78, 5) is 23.9. The molecular formula is C20H22ClN3O4S. The summed E-state index contributed by atoms with van der Waals surface area (Å²) in [6, 6.07) is 11.5. The van der Waals surface area contributed by atoms with Gasteiger partial charge in [0.1, 0.15) is 6.04 Å². The van der Waals surface area contributed by atoms with Gasteiger partial charge < -0.3 is 11.1 Å². The summed E-state index contributed by atoms with van der Waals surface area (Å²) < 4.78 is 28.1. The van der Waals surface area contributed by atoms with Crippen LogP contribution in [0.4, 0.5) is 0 Å². The molecule has 3 N–H and O–H groups in total. The van der Waals surface area contributed by atoms with E-state index >= 15 is 0 Å². The minimum Gasteiger partial charge on any atom is -0.366 e. The van der Waals surface area contributed by atoms with Crippen LogP contribution in [0.1, 0.15) is 35.2 Å². The van der Waals surface area contributed by atoms with Crippen molar-refractivity contribution in [2.75, 3.05) is 6.54 Å². The Morgan fingerprint density at radius 1 is 1.17 bits per heavy atom. The van der Waals surface area contributed by atoms with E-state index in [1.165, 1.54) is 28.6 Å². The fraction of sp³-hybridized carbons (Fsp3) is 0.300. The van der Waals surface area contributed by atoms with Crippen LogP contribution in [0.15, 0.2) is 53.4 Å². The Morgan fingerprint density at radius 3 is 2.55 bits per heavy atom. The number of primary amides is 1. The number of carbonyl (C=O) groups is 2. The van der Waals surface area contributed by atoms with Crippen LogP contribution in [0.5, 0.6) is 0 Å². The Bertz CT molecular complexity index is 1010. The number of rotatable bonds is 6. The van der Waals surface area contributed by atoms with Crippen molar-refractivity contribution >= 4 is 33.4 Å². The van der Waals surface area contributed by atoms with Gasteiger partial charge in [-0.25, -0.2) is 8.42 Å². The van der Waals surface area contributed by atoms with Gasteiger partial charge in [0.25, 0.3) is 0 Å². The lowest BCUT2D eigenvalue weighted by atomic mass is 10.1. The first kappa shape index (κ1) is 21.3. The summed E-state index contributed by atoms with van der Waals surface area (Å²) in [5.74, 6) is -0.884. The molecule has 1 fully saturated rings. The van der Waals surface area contributed by atoms with Gasteiger partial charge in [-0.1, -0.05) is 29.8 Å². The largest absolute Gasteiger partial charge is 0.366 e. The SMILES string of the molecule is NC(=O)c1ccc(CN([C@@H]2CCCCNC2=O)S(=O)(=O)c2cccc(Cl)c2)cc1. The highest BCUT2D eigenvalue weighted by atomic mass is 35.5. The molecule has 0 aliphatic carbocycles. The average molecular weight is 436 g/mol. The van der Waals surface area contributed by atoms with E-state index in [0.717, 1.165) is 12.8 Å². The van der Waals surface area contributed by atoms with E-state index in [2.05, 4.69) is 5.32 Å². The predicted octanol–water partition coefficient (Wildman–Crippen LogP) is 2.30. The van der Waals surface area contributed by atoms with E-state index in [9.17, 15) is 18.0 Å². The highest BCUT2D eigenvalue weighted by Crippen LogP contribution is 2.26. The number of benzene rings is 2. The zero-order valence-electron chi connectivity index (χ0n) is 15.7. The molecule has 0 aromatic heterocycles. The van der Waals surface area contributed by atoms with Crippen LogP contribution in [-0.4, -0.2) is 37.1 Å². The van der Waals surface area contributed by atoms with Gasteiger partial charge in [-0.3, -0.25) is 9.59 Å². The van der Waals surface area contributed by atoms with E-state index in [0.29, 0.717) is 29.1 Å². The second kappa shape index (κ2) is 8.94. The standard InChI is InChI=1S/C20H22ClN3O4S/c21-16-4-3-5-17(12-16)29(27,28)24(18-6-1-2-11-23-20(18)26)13-14-7-9-15(10-8-14)19(22)25/h3-5,7-10,12,18H,1-2,6,11,13H2,(H2,22,25)(H,23,26)/t18-/m1/s1. The number of amides is 2. The monoisotopic (exact) mass is 435 g/mol. The fourth-order valence-corrected chi connectivity index (χ4v) is 5.19. The molecule has 1 aliphatic heterocycles. The molecule has 0 spiro atoms. The molecule has 0 bridgehead atoms. The summed E-state index contributed by atoms with van der Waals surface area (Å²) in [5, 5.41) is 3.08. The average Bonchev–Trinajstić information content (AvgIpc) is 2.90. The van der Waals surface area contributed by atoms with Crippen molar-refractivity contribution in [2.45, 2.75) is 36.7 Å². The lowest BCUT2D eigenvalue weighted by Crippen LogP contribution is -2.48. The first-order valence-corrected chi connectivity index (χ1v) is 11.0. The minimum atomic E-state index is -4.00. The van der Waals surface area contributed by atoms with E-state index < -0.39 is 22.0 Å². The van der Waals surface area contributed by atoms with Gasteiger partial charge in [0.05, 0.1) is 4.90 Å². The lowest BCUT2D eigenvalue weighted by Gasteiger charge is -2.29. The van der Waals surface area contributed by atoms with Crippen molar-refractivity contribution in [3.05, 3.63) is 64.7 Å². The molecule has 1 saturated heterocycles. The maximum absolute atomic E-state index is 13.4. The molecule has 154 valence electrons. The summed E-state index contributed by atoms with van der Waals surface area (Å²) in [7, 11) is -4.00. The third kappa shape index (κ3) is 4.95. The van der Waals surface area contributed by atoms with Crippen LogP contribution < -0.4 is 11.1 Å². The van der Waals surface area contributed by atoms with E-state index in [1.54, 1.807) is 24.3 Å². The summed E-state index contributed by atoms with van der Waals surface area (Å²) >= 11 is 6.00. The van der Waals surface area contributed by atoms with Crippen molar-refractivity contribution in [1.82, 2.24) is 9.62 Å². The van der Waals surface area contributed by atoms with Crippen LogP contribution >= 0.6 is 11.6 Å². The highest BCUT2D eigenvalue weighted by molar-refractivity contribution is 7.89. The number of hydrogen-bond acceptors (Lipinski definition) is 4. The second-order valence-electron chi connectivity index (χ2n) is 6.87. The number of halogens is 1. The first-order chi connectivity index (χ1) is 13.8. The molecule has 1 atom stereocenters. The van der Waals surface area contributed by atoms with Gasteiger partial charge in [0, 0.05) is 23.7 Å².